The smallest absolute Gasteiger partial charge is 0.251 e. The summed E-state index contributed by atoms with van der Waals surface area (Å²) in [6.07, 6.45) is 1.54. The molecule has 0 fully saturated rings. The molecule has 0 radical (unpaired) electrons. The Morgan fingerprint density at radius 3 is 2.29 bits per heavy atom. The zero-order valence-electron chi connectivity index (χ0n) is 18.4. The number of aryl methyl sites for hydroxylation is 2. The lowest BCUT2D eigenvalue weighted by Gasteiger charge is -2.29. The molecule has 1 atom stereocenters. The highest BCUT2D eigenvalue weighted by molar-refractivity contribution is 6.31. The fourth-order valence-electron chi connectivity index (χ4n) is 4.31. The van der Waals surface area contributed by atoms with E-state index in [1.54, 1.807) is 72.0 Å². The summed E-state index contributed by atoms with van der Waals surface area (Å²) in [6.45, 7) is 0. The third-order valence-corrected chi connectivity index (χ3v) is 6.58. The lowest BCUT2D eigenvalue weighted by atomic mass is 9.84. The lowest BCUT2D eigenvalue weighted by molar-refractivity contribution is 0.112. The fraction of sp³-hybridized carbons (Fsp3) is 0.115. The van der Waals surface area contributed by atoms with E-state index in [0.29, 0.717) is 27.0 Å². The van der Waals surface area contributed by atoms with E-state index in [0.717, 1.165) is 22.0 Å². The van der Waals surface area contributed by atoms with Crippen molar-refractivity contribution >= 4 is 34.1 Å². The Hall–Kier alpha value is -3.45. The van der Waals surface area contributed by atoms with Crippen molar-refractivity contribution in [3.8, 4) is 11.1 Å². The molecule has 1 N–H and O–H groups in total. The monoisotopic (exact) mass is 490 g/mol. The van der Waals surface area contributed by atoms with Gasteiger partial charge in [-0.1, -0.05) is 53.5 Å². The van der Waals surface area contributed by atoms with Crippen LogP contribution in [0.5, 0.6) is 0 Å². The van der Waals surface area contributed by atoms with Gasteiger partial charge in [-0.25, -0.2) is 0 Å². The summed E-state index contributed by atoms with van der Waals surface area (Å²) in [7, 11) is 3.50. The number of rotatable bonds is 4. The normalized spacial score (nSPS) is 13.2. The van der Waals surface area contributed by atoms with E-state index < -0.39 is 5.60 Å². The van der Waals surface area contributed by atoms with Crippen LogP contribution in [0.1, 0.15) is 17.0 Å². The zero-order valence-corrected chi connectivity index (χ0v) is 19.9. The fourth-order valence-corrected chi connectivity index (χ4v) is 4.62. The summed E-state index contributed by atoms with van der Waals surface area (Å²) in [5.74, 6) is 0.350. The first kappa shape index (κ1) is 22.3. The summed E-state index contributed by atoms with van der Waals surface area (Å²) >= 11 is 12.4. The number of benzene rings is 3. The van der Waals surface area contributed by atoms with E-state index in [1.165, 1.54) is 0 Å². The van der Waals surface area contributed by atoms with Crippen LogP contribution in [0.2, 0.25) is 10.0 Å². The highest BCUT2D eigenvalue weighted by Gasteiger charge is 2.38. The first-order chi connectivity index (χ1) is 16.3. The van der Waals surface area contributed by atoms with E-state index in [2.05, 4.69) is 10.2 Å². The van der Waals surface area contributed by atoms with Gasteiger partial charge in [0.1, 0.15) is 6.33 Å². The van der Waals surface area contributed by atoms with Gasteiger partial charge in [-0.15, -0.1) is 10.2 Å². The molecule has 0 amide bonds. The maximum Gasteiger partial charge on any atom is 0.251 e. The van der Waals surface area contributed by atoms with Gasteiger partial charge in [-0.2, -0.15) is 0 Å². The van der Waals surface area contributed by atoms with E-state index >= 15 is 0 Å². The molecule has 0 aliphatic rings. The maximum absolute atomic E-state index is 12.7. The first-order valence-electron chi connectivity index (χ1n) is 10.5. The first-order valence-corrected chi connectivity index (χ1v) is 11.3. The number of hydrogen-bond donors (Lipinski definition) is 1. The minimum atomic E-state index is -1.62. The Morgan fingerprint density at radius 2 is 1.62 bits per heavy atom. The van der Waals surface area contributed by atoms with Gasteiger partial charge in [0.15, 0.2) is 11.4 Å². The molecule has 0 bridgehead atoms. The lowest BCUT2D eigenvalue weighted by Crippen LogP contribution is -2.32. The molecule has 1 unspecified atom stereocenters. The molecule has 0 spiro atoms. The third-order valence-electron chi connectivity index (χ3n) is 6.10. The molecule has 170 valence electrons. The van der Waals surface area contributed by atoms with Crippen LogP contribution >= 0.6 is 23.2 Å². The Labute approximate surface area is 205 Å². The summed E-state index contributed by atoms with van der Waals surface area (Å²) in [5.41, 5.74) is 1.64. The number of halogens is 2. The van der Waals surface area contributed by atoms with Crippen molar-refractivity contribution in [2.75, 3.05) is 0 Å². The van der Waals surface area contributed by atoms with Gasteiger partial charge >= 0.3 is 0 Å². The molecule has 5 rings (SSSR count). The SMILES string of the molecule is Cn1cnnc1C(O)(c1ccc(Cl)cc1)c1ccc2c(c1)c(-c1cccc(Cl)c1)cc(=O)n2C. The van der Waals surface area contributed by atoms with Gasteiger partial charge in [-0.05, 0) is 58.7 Å². The maximum atomic E-state index is 12.7. The van der Waals surface area contributed by atoms with Crippen molar-refractivity contribution in [1.82, 2.24) is 19.3 Å². The number of aromatic nitrogens is 4. The average Bonchev–Trinajstić information content (AvgIpc) is 3.27. The van der Waals surface area contributed by atoms with Crippen LogP contribution in [-0.2, 0) is 19.7 Å². The number of fused-ring (bicyclic) bond motifs is 1. The predicted molar refractivity (Wildman–Crippen MR) is 134 cm³/mol. The van der Waals surface area contributed by atoms with Crippen LogP contribution in [0.25, 0.3) is 22.0 Å². The molecule has 5 aromatic rings. The molecule has 0 aliphatic heterocycles. The van der Waals surface area contributed by atoms with Crippen LogP contribution < -0.4 is 5.56 Å². The summed E-state index contributed by atoms with van der Waals surface area (Å²) in [6, 6.07) is 21.4. The second-order valence-corrected chi connectivity index (χ2v) is 9.05. The summed E-state index contributed by atoms with van der Waals surface area (Å²) in [5, 5.41) is 22.3. The van der Waals surface area contributed by atoms with Crippen LogP contribution in [0.4, 0.5) is 0 Å². The van der Waals surface area contributed by atoms with Crippen LogP contribution in [-0.4, -0.2) is 24.4 Å². The van der Waals surface area contributed by atoms with Gasteiger partial charge in [0.05, 0.1) is 5.52 Å². The number of aliphatic hydroxyl groups is 1. The van der Waals surface area contributed by atoms with Crippen LogP contribution in [0.3, 0.4) is 0 Å². The molecule has 3 aromatic carbocycles. The highest BCUT2D eigenvalue weighted by atomic mass is 35.5. The Bertz CT molecular complexity index is 1590. The second-order valence-electron chi connectivity index (χ2n) is 8.18. The van der Waals surface area contributed by atoms with Crippen LogP contribution in [0, 0.1) is 0 Å². The molecule has 0 aliphatic carbocycles. The van der Waals surface area contributed by atoms with Gasteiger partial charge < -0.3 is 14.2 Å². The molecule has 0 saturated carbocycles. The van der Waals surface area contributed by atoms with Gasteiger partial charge in [-0.3, -0.25) is 4.79 Å². The van der Waals surface area contributed by atoms with Crippen molar-refractivity contribution < 1.29 is 5.11 Å². The zero-order chi connectivity index (χ0) is 24.0. The summed E-state index contributed by atoms with van der Waals surface area (Å²) in [4.78, 5) is 12.7. The van der Waals surface area contributed by atoms with E-state index in [1.807, 2.05) is 30.3 Å². The Kier molecular flexibility index (Phi) is 5.52. The molecule has 6 nitrogen and oxygen atoms in total. The van der Waals surface area contributed by atoms with Crippen molar-refractivity contribution in [3.63, 3.8) is 0 Å². The van der Waals surface area contributed by atoms with Crippen molar-refractivity contribution in [2.24, 2.45) is 14.1 Å². The van der Waals surface area contributed by atoms with E-state index in [9.17, 15) is 9.90 Å². The molecular formula is C26H20Cl2N4O2. The summed E-state index contributed by atoms with van der Waals surface area (Å²) < 4.78 is 3.26. The molecule has 2 heterocycles. The number of nitrogens with zero attached hydrogens (tertiary/aromatic N) is 4. The molecule has 0 saturated heterocycles. The largest absolute Gasteiger partial charge is 0.373 e. The van der Waals surface area contributed by atoms with Gasteiger partial charge in [0.2, 0.25) is 0 Å². The topological polar surface area (TPSA) is 72.9 Å². The van der Waals surface area contributed by atoms with Gasteiger partial charge in [0.25, 0.3) is 5.56 Å². The quantitative estimate of drug-likeness (QED) is 0.387. The van der Waals surface area contributed by atoms with E-state index in [-0.39, 0.29) is 5.56 Å². The Balaban J connectivity index is 1.84. The molecule has 34 heavy (non-hydrogen) atoms. The average molecular weight is 491 g/mol. The third kappa shape index (κ3) is 3.60. The van der Waals surface area contributed by atoms with E-state index in [4.69, 9.17) is 23.2 Å². The minimum Gasteiger partial charge on any atom is -0.373 e. The molecule has 2 aromatic heterocycles. The van der Waals surface area contributed by atoms with Crippen molar-refractivity contribution in [2.45, 2.75) is 5.60 Å². The second kappa shape index (κ2) is 8.40. The van der Waals surface area contributed by atoms with Gasteiger partial charge in [0, 0.05) is 35.6 Å². The number of hydrogen-bond acceptors (Lipinski definition) is 4. The highest BCUT2D eigenvalue weighted by Crippen LogP contribution is 2.38. The Morgan fingerprint density at radius 1 is 0.882 bits per heavy atom. The van der Waals surface area contributed by atoms with Crippen LogP contribution in [0.15, 0.2) is 83.9 Å². The van der Waals surface area contributed by atoms with Crippen molar-refractivity contribution in [3.05, 3.63) is 116 Å². The standard InChI is InChI=1S/C26H20Cl2N4O2/c1-31-15-29-30-25(31)26(34,17-6-9-19(27)10-7-17)18-8-11-23-22(13-18)21(14-24(33)32(23)2)16-4-3-5-20(28)12-16/h3-15,34H,1-2H3. The predicted octanol–water partition coefficient (Wildman–Crippen LogP) is 4.93. The molecule has 8 heteroatoms. The minimum absolute atomic E-state index is 0.142. The number of pyridine rings is 1. The van der Waals surface area contributed by atoms with Crippen molar-refractivity contribution in [1.29, 1.82) is 0 Å². The molecular weight excluding hydrogens is 471 g/mol.